The molecule has 4 nitrogen and oxygen atoms in total. The maximum atomic E-state index is 13.4. The van der Waals surface area contributed by atoms with Gasteiger partial charge in [-0.3, -0.25) is 9.59 Å². The Balaban J connectivity index is 1.98. The lowest BCUT2D eigenvalue weighted by atomic mass is 10.2. The Labute approximate surface area is 138 Å². The van der Waals surface area contributed by atoms with E-state index in [0.717, 1.165) is 18.2 Å². The number of rotatable bonds is 4. The molecular formula is C15H9ClF4N2O2. The molecule has 0 aliphatic carbocycles. The highest BCUT2D eigenvalue weighted by Gasteiger charge is 2.17. The van der Waals surface area contributed by atoms with E-state index in [9.17, 15) is 27.2 Å². The summed E-state index contributed by atoms with van der Waals surface area (Å²) in [6.45, 7) is 0. The number of carbonyl (C=O) groups excluding carboxylic acids is 2. The van der Waals surface area contributed by atoms with Crippen LogP contribution in [0.25, 0.3) is 0 Å². The molecule has 0 radical (unpaired) electrons. The van der Waals surface area contributed by atoms with E-state index in [1.807, 2.05) is 5.32 Å². The molecule has 0 unspecified atom stereocenters. The van der Waals surface area contributed by atoms with Gasteiger partial charge in [-0.15, -0.1) is 0 Å². The van der Waals surface area contributed by atoms with Crippen LogP contribution in [0.1, 0.15) is 6.42 Å². The van der Waals surface area contributed by atoms with Gasteiger partial charge in [-0.05, 0) is 30.3 Å². The lowest BCUT2D eigenvalue weighted by molar-refractivity contribution is -0.123. The second-order valence-electron chi connectivity index (χ2n) is 4.62. The zero-order valence-corrected chi connectivity index (χ0v) is 12.6. The van der Waals surface area contributed by atoms with Crippen molar-refractivity contribution in [2.24, 2.45) is 0 Å². The molecule has 0 atom stereocenters. The molecule has 0 fully saturated rings. The first-order valence-electron chi connectivity index (χ1n) is 6.46. The molecular weight excluding hydrogens is 352 g/mol. The molecule has 0 heterocycles. The predicted molar refractivity (Wildman–Crippen MR) is 79.6 cm³/mol. The van der Waals surface area contributed by atoms with Gasteiger partial charge in [0.25, 0.3) is 0 Å². The van der Waals surface area contributed by atoms with Crippen molar-refractivity contribution < 1.29 is 27.2 Å². The van der Waals surface area contributed by atoms with Crippen molar-refractivity contribution in [2.75, 3.05) is 10.6 Å². The molecule has 0 saturated carbocycles. The van der Waals surface area contributed by atoms with Crippen LogP contribution in [0.15, 0.2) is 30.3 Å². The number of hydrogen-bond acceptors (Lipinski definition) is 2. The summed E-state index contributed by atoms with van der Waals surface area (Å²) in [5, 5.41) is 4.01. The van der Waals surface area contributed by atoms with E-state index in [1.54, 1.807) is 0 Å². The first-order valence-corrected chi connectivity index (χ1v) is 6.84. The summed E-state index contributed by atoms with van der Waals surface area (Å²) in [4.78, 5) is 23.3. The van der Waals surface area contributed by atoms with Crippen LogP contribution in [0.4, 0.5) is 28.9 Å². The second kappa shape index (κ2) is 7.31. The van der Waals surface area contributed by atoms with Crippen LogP contribution in [-0.4, -0.2) is 11.8 Å². The molecule has 0 aliphatic heterocycles. The van der Waals surface area contributed by atoms with Gasteiger partial charge < -0.3 is 10.6 Å². The van der Waals surface area contributed by atoms with Gasteiger partial charge in [-0.1, -0.05) is 11.6 Å². The summed E-state index contributed by atoms with van der Waals surface area (Å²) in [6.07, 6.45) is -0.729. The molecule has 2 amide bonds. The number of halogens is 5. The summed E-state index contributed by atoms with van der Waals surface area (Å²) >= 11 is 5.54. The first-order chi connectivity index (χ1) is 11.3. The number of amides is 2. The fourth-order valence-electron chi connectivity index (χ4n) is 1.74. The lowest BCUT2D eigenvalue weighted by Crippen LogP contribution is -2.22. The third-order valence-electron chi connectivity index (χ3n) is 2.83. The zero-order valence-electron chi connectivity index (χ0n) is 11.8. The van der Waals surface area contributed by atoms with E-state index in [4.69, 9.17) is 11.6 Å². The fourth-order valence-corrected chi connectivity index (χ4v) is 1.92. The molecule has 2 rings (SSSR count). The van der Waals surface area contributed by atoms with Crippen LogP contribution in [-0.2, 0) is 9.59 Å². The van der Waals surface area contributed by atoms with Crippen LogP contribution >= 0.6 is 11.6 Å². The largest absolute Gasteiger partial charge is 0.326 e. The molecule has 24 heavy (non-hydrogen) atoms. The number of benzene rings is 2. The third-order valence-corrected chi connectivity index (χ3v) is 3.12. The molecule has 0 saturated heterocycles. The van der Waals surface area contributed by atoms with Gasteiger partial charge in [-0.25, -0.2) is 17.6 Å². The van der Waals surface area contributed by atoms with Crippen molar-refractivity contribution in [1.29, 1.82) is 0 Å². The van der Waals surface area contributed by atoms with Crippen molar-refractivity contribution in [2.45, 2.75) is 6.42 Å². The maximum absolute atomic E-state index is 13.4. The summed E-state index contributed by atoms with van der Waals surface area (Å²) < 4.78 is 52.2. The van der Waals surface area contributed by atoms with Crippen molar-refractivity contribution in [3.63, 3.8) is 0 Å². The van der Waals surface area contributed by atoms with E-state index in [0.29, 0.717) is 6.07 Å². The smallest absolute Gasteiger partial charge is 0.233 e. The topological polar surface area (TPSA) is 58.2 Å². The van der Waals surface area contributed by atoms with Gasteiger partial charge in [-0.2, -0.15) is 0 Å². The zero-order chi connectivity index (χ0) is 17.9. The monoisotopic (exact) mass is 360 g/mol. The number of hydrogen-bond donors (Lipinski definition) is 2. The molecule has 0 aromatic heterocycles. The van der Waals surface area contributed by atoms with Gasteiger partial charge in [0, 0.05) is 5.69 Å². The lowest BCUT2D eigenvalue weighted by Gasteiger charge is -2.08. The normalized spacial score (nSPS) is 10.4. The standard InChI is InChI=1S/C15H9ClF4N2O2/c16-8-5-7(1-2-9(8)17)21-12(23)6-13(24)22-11-4-3-10(18)14(19)15(11)20/h1-5H,6H2,(H,21,23)(H,22,24). The minimum absolute atomic E-state index is 0.151. The molecule has 9 heteroatoms. The SMILES string of the molecule is O=C(CC(=O)Nc1ccc(F)c(F)c1F)Nc1ccc(F)c(Cl)c1. The van der Waals surface area contributed by atoms with Gasteiger partial charge in [0.05, 0.1) is 10.7 Å². The molecule has 0 aliphatic rings. The molecule has 0 bridgehead atoms. The fraction of sp³-hybridized carbons (Fsp3) is 0.0667. The third kappa shape index (κ3) is 4.23. The van der Waals surface area contributed by atoms with Crippen LogP contribution in [0.2, 0.25) is 5.02 Å². The summed E-state index contributed by atoms with van der Waals surface area (Å²) in [5.74, 6) is -7.14. The van der Waals surface area contributed by atoms with Crippen LogP contribution in [0.5, 0.6) is 0 Å². The quantitative estimate of drug-likeness (QED) is 0.494. The van der Waals surface area contributed by atoms with Crippen molar-refractivity contribution in [3.8, 4) is 0 Å². The van der Waals surface area contributed by atoms with Gasteiger partial charge >= 0.3 is 0 Å². The Hall–Kier alpha value is -2.61. The minimum Gasteiger partial charge on any atom is -0.326 e. The minimum atomic E-state index is -1.74. The van der Waals surface area contributed by atoms with E-state index in [-0.39, 0.29) is 10.7 Å². The Kier molecular flexibility index (Phi) is 5.40. The van der Waals surface area contributed by atoms with Crippen LogP contribution in [0.3, 0.4) is 0 Å². The van der Waals surface area contributed by atoms with E-state index < -0.39 is 47.2 Å². The molecule has 126 valence electrons. The average molecular weight is 361 g/mol. The molecule has 2 N–H and O–H groups in total. The highest BCUT2D eigenvalue weighted by molar-refractivity contribution is 6.31. The number of carbonyl (C=O) groups is 2. The Morgan fingerprint density at radius 2 is 1.50 bits per heavy atom. The Morgan fingerprint density at radius 1 is 0.875 bits per heavy atom. The number of nitrogens with one attached hydrogen (secondary N) is 2. The molecule has 2 aromatic rings. The highest BCUT2D eigenvalue weighted by atomic mass is 35.5. The summed E-state index contributed by atoms with van der Waals surface area (Å²) in [7, 11) is 0. The summed E-state index contributed by atoms with van der Waals surface area (Å²) in [5.41, 5.74) is -0.449. The highest BCUT2D eigenvalue weighted by Crippen LogP contribution is 2.21. The predicted octanol–water partition coefficient (Wildman–Crippen LogP) is 3.86. The van der Waals surface area contributed by atoms with E-state index in [2.05, 4.69) is 5.32 Å². The van der Waals surface area contributed by atoms with Gasteiger partial charge in [0.15, 0.2) is 17.5 Å². The van der Waals surface area contributed by atoms with Crippen LogP contribution < -0.4 is 10.6 Å². The van der Waals surface area contributed by atoms with E-state index >= 15 is 0 Å². The molecule has 0 spiro atoms. The maximum Gasteiger partial charge on any atom is 0.233 e. The van der Waals surface area contributed by atoms with Gasteiger partial charge in [0.1, 0.15) is 12.2 Å². The van der Waals surface area contributed by atoms with Crippen molar-refractivity contribution in [3.05, 3.63) is 58.6 Å². The first kappa shape index (κ1) is 17.7. The Morgan fingerprint density at radius 3 is 2.17 bits per heavy atom. The van der Waals surface area contributed by atoms with Crippen molar-refractivity contribution >= 4 is 34.8 Å². The van der Waals surface area contributed by atoms with E-state index in [1.165, 1.54) is 6.07 Å². The van der Waals surface area contributed by atoms with Crippen LogP contribution in [0, 0.1) is 23.3 Å². The van der Waals surface area contributed by atoms with Crippen molar-refractivity contribution in [1.82, 2.24) is 0 Å². The Bertz CT molecular complexity index is 814. The van der Waals surface area contributed by atoms with Gasteiger partial charge in [0.2, 0.25) is 11.8 Å². The number of anilines is 2. The molecule has 2 aromatic carbocycles. The second-order valence-corrected chi connectivity index (χ2v) is 5.03. The average Bonchev–Trinajstić information content (AvgIpc) is 2.51. The summed E-state index contributed by atoms with van der Waals surface area (Å²) in [6, 6.07) is 4.85.